The Bertz CT molecular complexity index is 929. The Morgan fingerprint density at radius 2 is 1.21 bits per heavy atom. The fourth-order valence-corrected chi connectivity index (χ4v) is 8.53. The molecule has 0 unspecified atom stereocenters. The number of likely N-dealkylation sites (N-methyl/N-ethyl adjacent to an activating group) is 1. The molecule has 0 aliphatic carbocycles. The maximum Gasteiger partial charge on any atom is 0.241 e. The van der Waals surface area contributed by atoms with Gasteiger partial charge in [-0.1, -0.05) is 54.6 Å². The quantitative estimate of drug-likeness (QED) is 0.211. The van der Waals surface area contributed by atoms with Crippen LogP contribution in [-0.4, -0.2) is 55.0 Å². The number of nitrogens with zero attached hydrogens (tertiary/aromatic N) is 2. The molecule has 0 saturated heterocycles. The molecule has 3 aromatic carbocycles. The number of nitrogens with one attached hydrogen (secondary N) is 1. The highest BCUT2D eigenvalue weighted by molar-refractivity contribution is 7.95. The molecule has 5 nitrogen and oxygen atoms in total. The number of hydrogen-bond donors (Lipinski definition) is 2. The third kappa shape index (κ3) is 6.00. The summed E-state index contributed by atoms with van der Waals surface area (Å²) in [7, 11) is 1.58. The molecule has 3 rings (SSSR count). The smallest absolute Gasteiger partial charge is 0.241 e. The highest BCUT2D eigenvalue weighted by Crippen LogP contribution is 2.55. The van der Waals surface area contributed by atoms with Crippen LogP contribution < -0.4 is 21.6 Å². The zero-order valence-corrected chi connectivity index (χ0v) is 20.4. The third-order valence-corrected chi connectivity index (χ3v) is 10.5. The number of hydrogen-bond acceptors (Lipinski definition) is 2. The van der Waals surface area contributed by atoms with E-state index < -0.39 is 7.26 Å². The minimum atomic E-state index is -1.86. The molecule has 1 amide bonds. The van der Waals surface area contributed by atoms with Crippen molar-refractivity contribution in [3.05, 3.63) is 91.0 Å². The second-order valence-electron chi connectivity index (χ2n) is 8.34. The Kier molecular flexibility index (Phi) is 8.62. The van der Waals surface area contributed by atoms with Crippen molar-refractivity contribution < 1.29 is 4.79 Å². The van der Waals surface area contributed by atoms with E-state index in [-0.39, 0.29) is 18.4 Å². The van der Waals surface area contributed by atoms with Crippen molar-refractivity contribution in [2.24, 2.45) is 5.73 Å². The Balaban J connectivity index is 1.88. The van der Waals surface area contributed by atoms with Gasteiger partial charge in [0.25, 0.3) is 0 Å². The summed E-state index contributed by atoms with van der Waals surface area (Å²) in [4.78, 5) is 15.3. The lowest BCUT2D eigenvalue weighted by atomic mass is 10.3. The Labute approximate surface area is 198 Å². The molecule has 172 valence electrons. The van der Waals surface area contributed by atoms with Crippen molar-refractivity contribution in [2.45, 2.75) is 12.8 Å². The van der Waals surface area contributed by atoms with Crippen LogP contribution >= 0.6 is 7.26 Å². The van der Waals surface area contributed by atoms with Crippen molar-refractivity contribution in [3.8, 4) is 0 Å². The van der Waals surface area contributed by atoms with Gasteiger partial charge in [-0.05, 0) is 49.2 Å². The predicted octanol–water partition coefficient (Wildman–Crippen LogP) is 3.04. The van der Waals surface area contributed by atoms with E-state index in [4.69, 9.17) is 11.1 Å². The first-order valence-corrected chi connectivity index (χ1v) is 13.3. The van der Waals surface area contributed by atoms with Crippen LogP contribution in [0.2, 0.25) is 0 Å². The van der Waals surface area contributed by atoms with Crippen LogP contribution in [0.5, 0.6) is 0 Å². The van der Waals surface area contributed by atoms with E-state index in [9.17, 15) is 4.79 Å². The van der Waals surface area contributed by atoms with E-state index in [0.717, 1.165) is 19.0 Å². The predicted molar refractivity (Wildman–Crippen MR) is 141 cm³/mol. The summed E-state index contributed by atoms with van der Waals surface area (Å²) >= 11 is 0. The fraction of sp³-hybridized carbons (Fsp3) is 0.259. The molecule has 33 heavy (non-hydrogen) atoms. The van der Waals surface area contributed by atoms with Gasteiger partial charge < -0.3 is 15.5 Å². The number of amides is 1. The first-order chi connectivity index (χ1) is 15.9. The number of guanidine groups is 1. The highest BCUT2D eigenvalue weighted by Gasteiger charge is 2.44. The maximum atomic E-state index is 12.1. The van der Waals surface area contributed by atoms with Crippen molar-refractivity contribution in [1.82, 2.24) is 9.80 Å². The molecule has 0 bridgehead atoms. The van der Waals surface area contributed by atoms with E-state index >= 15 is 0 Å². The standard InChI is InChI=1S/C27H34N4OP/c1-30(2)26(32)22-31(27(28)29)20-12-13-21-33(23-14-6-3-7-15-23,24-16-8-4-9-17-24)25-18-10-5-11-19-25/h3-11,14-19H,12-13,20-22H2,1-2H3,(H3,28,29)/q+1. The van der Waals surface area contributed by atoms with Gasteiger partial charge in [-0.15, -0.1) is 0 Å². The average Bonchev–Trinajstić information content (AvgIpc) is 2.85. The monoisotopic (exact) mass is 461 g/mol. The van der Waals surface area contributed by atoms with E-state index in [1.165, 1.54) is 20.8 Å². The molecule has 0 aromatic heterocycles. The Morgan fingerprint density at radius 3 is 1.58 bits per heavy atom. The topological polar surface area (TPSA) is 73.4 Å². The lowest BCUT2D eigenvalue weighted by molar-refractivity contribution is -0.129. The Hall–Kier alpha value is -3.17. The van der Waals surface area contributed by atoms with E-state index in [2.05, 4.69) is 91.0 Å². The summed E-state index contributed by atoms with van der Waals surface area (Å²) in [5, 5.41) is 12.0. The van der Waals surface area contributed by atoms with Gasteiger partial charge >= 0.3 is 0 Å². The zero-order valence-electron chi connectivity index (χ0n) is 19.5. The molecule has 0 heterocycles. The lowest BCUT2D eigenvalue weighted by Gasteiger charge is -2.28. The normalized spacial score (nSPS) is 11.1. The molecule has 0 radical (unpaired) electrons. The van der Waals surface area contributed by atoms with Gasteiger partial charge in [0.15, 0.2) is 5.96 Å². The summed E-state index contributed by atoms with van der Waals surface area (Å²) in [6, 6.07) is 32.5. The van der Waals surface area contributed by atoms with Gasteiger partial charge in [0.1, 0.15) is 23.2 Å². The first-order valence-electron chi connectivity index (χ1n) is 11.3. The van der Waals surface area contributed by atoms with Crippen LogP contribution in [0.3, 0.4) is 0 Å². The van der Waals surface area contributed by atoms with E-state index in [1.807, 2.05) is 0 Å². The molecule has 0 aliphatic rings. The van der Waals surface area contributed by atoms with Gasteiger partial charge in [-0.3, -0.25) is 10.2 Å². The van der Waals surface area contributed by atoms with Crippen molar-refractivity contribution in [2.75, 3.05) is 33.3 Å². The molecular formula is C27H34N4OP+. The molecule has 6 heteroatoms. The lowest BCUT2D eigenvalue weighted by Crippen LogP contribution is -2.44. The Morgan fingerprint density at radius 1 is 0.788 bits per heavy atom. The summed E-state index contributed by atoms with van der Waals surface area (Å²) < 4.78 is 0. The number of unbranched alkanes of at least 4 members (excludes halogenated alkanes) is 1. The van der Waals surface area contributed by atoms with Crippen LogP contribution in [0.4, 0.5) is 0 Å². The zero-order chi connectivity index (χ0) is 23.7. The average molecular weight is 462 g/mol. The van der Waals surface area contributed by atoms with Crippen LogP contribution in [0, 0.1) is 5.41 Å². The molecule has 0 spiro atoms. The summed E-state index contributed by atoms with van der Waals surface area (Å²) in [6.07, 6.45) is 2.83. The van der Waals surface area contributed by atoms with Gasteiger partial charge in [-0.2, -0.15) is 0 Å². The van der Waals surface area contributed by atoms with Gasteiger partial charge in [0, 0.05) is 20.6 Å². The minimum absolute atomic E-state index is 0.0510. The second kappa shape index (κ2) is 11.6. The van der Waals surface area contributed by atoms with Crippen LogP contribution in [-0.2, 0) is 4.79 Å². The first kappa shape index (κ1) is 24.5. The fourth-order valence-electron chi connectivity index (χ4n) is 4.12. The molecular weight excluding hydrogens is 427 g/mol. The molecule has 0 saturated carbocycles. The van der Waals surface area contributed by atoms with Gasteiger partial charge in [-0.25, -0.2) is 0 Å². The number of carbonyl (C=O) groups excluding carboxylic acids is 1. The number of nitrogens with two attached hydrogens (primary N) is 1. The highest BCUT2D eigenvalue weighted by atomic mass is 31.2. The summed E-state index contributed by atoms with van der Waals surface area (Å²) in [5.41, 5.74) is 5.77. The van der Waals surface area contributed by atoms with Crippen molar-refractivity contribution in [1.29, 1.82) is 5.41 Å². The summed E-state index contributed by atoms with van der Waals surface area (Å²) in [6.45, 7) is 0.728. The molecule has 0 fully saturated rings. The molecule has 3 aromatic rings. The number of carbonyl (C=O) groups is 1. The number of benzene rings is 3. The van der Waals surface area contributed by atoms with Crippen LogP contribution in [0.25, 0.3) is 0 Å². The van der Waals surface area contributed by atoms with Crippen molar-refractivity contribution >= 4 is 35.0 Å². The van der Waals surface area contributed by atoms with E-state index in [1.54, 1.807) is 19.0 Å². The molecule has 0 aliphatic heterocycles. The second-order valence-corrected chi connectivity index (χ2v) is 12.0. The van der Waals surface area contributed by atoms with Crippen LogP contribution in [0.15, 0.2) is 91.0 Å². The summed E-state index contributed by atoms with van der Waals surface area (Å²) in [5.74, 6) is -0.106. The van der Waals surface area contributed by atoms with Gasteiger partial charge in [0.05, 0.1) is 12.7 Å². The third-order valence-electron chi connectivity index (χ3n) is 5.93. The largest absolute Gasteiger partial charge is 0.370 e. The van der Waals surface area contributed by atoms with Crippen molar-refractivity contribution in [3.63, 3.8) is 0 Å². The SMILES string of the molecule is CN(C)C(=O)CN(CCCC[P+](c1ccccc1)(c1ccccc1)c1ccccc1)C(=N)N. The van der Waals surface area contributed by atoms with E-state index in [0.29, 0.717) is 6.54 Å². The van der Waals surface area contributed by atoms with Gasteiger partial charge in [0.2, 0.25) is 5.91 Å². The molecule has 0 atom stereocenters. The molecule has 3 N–H and O–H groups in total. The maximum absolute atomic E-state index is 12.1. The minimum Gasteiger partial charge on any atom is -0.370 e. The van der Waals surface area contributed by atoms with Crippen LogP contribution in [0.1, 0.15) is 12.8 Å². The number of rotatable bonds is 10.